The number of aromatic hydroxyl groups is 1. The maximum Gasteiger partial charge on any atom is 0.306 e. The van der Waals surface area contributed by atoms with E-state index in [1.54, 1.807) is 6.92 Å². The van der Waals surface area contributed by atoms with Crippen LogP contribution in [-0.4, -0.2) is 31.4 Å². The van der Waals surface area contributed by atoms with E-state index >= 15 is 0 Å². The van der Waals surface area contributed by atoms with Gasteiger partial charge in [0.2, 0.25) is 11.2 Å². The van der Waals surface area contributed by atoms with E-state index in [2.05, 4.69) is 0 Å². The van der Waals surface area contributed by atoms with Gasteiger partial charge in [-0.05, 0) is 19.8 Å². The zero-order valence-electron chi connectivity index (χ0n) is 11.6. The predicted molar refractivity (Wildman–Crippen MR) is 69.7 cm³/mol. The molecule has 0 amide bonds. The number of aryl methyl sites for hydroxylation is 1. The van der Waals surface area contributed by atoms with E-state index in [4.69, 9.17) is 13.9 Å². The zero-order valence-corrected chi connectivity index (χ0v) is 11.6. The summed E-state index contributed by atoms with van der Waals surface area (Å²) in [6, 6.07) is 1.23. The largest absolute Gasteiger partial charge is 0.502 e. The van der Waals surface area contributed by atoms with Crippen molar-refractivity contribution in [3.8, 4) is 5.75 Å². The number of hydrogen-bond acceptors (Lipinski definition) is 6. The number of esters is 1. The topological polar surface area (TPSA) is 86.0 Å². The summed E-state index contributed by atoms with van der Waals surface area (Å²) in [6.07, 6.45) is 1.02. The lowest BCUT2D eigenvalue weighted by atomic mass is 9.74. The van der Waals surface area contributed by atoms with Crippen molar-refractivity contribution in [3.05, 3.63) is 27.8 Å². The Hall–Kier alpha value is -1.82. The van der Waals surface area contributed by atoms with Gasteiger partial charge in [0.05, 0.1) is 13.5 Å². The van der Waals surface area contributed by atoms with Crippen LogP contribution in [0.4, 0.5) is 0 Å². The molecule has 1 aromatic rings. The summed E-state index contributed by atoms with van der Waals surface area (Å²) in [7, 11) is 1.31. The highest BCUT2D eigenvalue weighted by molar-refractivity contribution is 5.71. The molecule has 0 atom stereocenters. The van der Waals surface area contributed by atoms with Crippen LogP contribution in [-0.2, 0) is 19.7 Å². The number of carbonyl (C=O) groups excluding carboxylic acids is 1. The summed E-state index contributed by atoms with van der Waals surface area (Å²) in [4.78, 5) is 23.4. The Balaban J connectivity index is 2.51. The maximum absolute atomic E-state index is 11.7. The van der Waals surface area contributed by atoms with Crippen LogP contribution >= 0.6 is 0 Å². The third-order valence-electron chi connectivity index (χ3n) is 3.69. The molecule has 6 heteroatoms. The van der Waals surface area contributed by atoms with E-state index < -0.39 is 22.6 Å². The molecule has 0 unspecified atom stereocenters. The zero-order chi connectivity index (χ0) is 14.8. The first kappa shape index (κ1) is 14.6. The number of carbonyl (C=O) groups is 1. The summed E-state index contributed by atoms with van der Waals surface area (Å²) < 4.78 is 15.6. The van der Waals surface area contributed by atoms with Crippen LogP contribution in [0.2, 0.25) is 0 Å². The number of hydrogen-bond donors (Lipinski definition) is 1. The molecule has 1 fully saturated rings. The van der Waals surface area contributed by atoms with Gasteiger partial charge in [-0.15, -0.1) is 0 Å². The van der Waals surface area contributed by atoms with Crippen molar-refractivity contribution >= 4 is 5.97 Å². The molecular formula is C14H18O6. The molecule has 0 radical (unpaired) electrons. The normalized spacial score (nSPS) is 17.7. The lowest BCUT2D eigenvalue weighted by Gasteiger charge is -2.35. The first-order valence-corrected chi connectivity index (χ1v) is 6.47. The van der Waals surface area contributed by atoms with Crippen LogP contribution in [0, 0.1) is 6.92 Å². The molecule has 20 heavy (non-hydrogen) atoms. The van der Waals surface area contributed by atoms with E-state index in [-0.39, 0.29) is 12.2 Å². The van der Waals surface area contributed by atoms with Crippen molar-refractivity contribution in [3.63, 3.8) is 0 Å². The summed E-state index contributed by atoms with van der Waals surface area (Å²) in [5, 5.41) is 10.0. The predicted octanol–water partition coefficient (Wildman–Crippen LogP) is 1.27. The fourth-order valence-corrected chi connectivity index (χ4v) is 2.56. The Bertz CT molecular complexity index is 553. The minimum absolute atomic E-state index is 0.0484. The quantitative estimate of drug-likeness (QED) is 0.840. The lowest BCUT2D eigenvalue weighted by Crippen LogP contribution is -2.37. The molecule has 1 N–H and O–H groups in total. The second kappa shape index (κ2) is 5.66. The lowest BCUT2D eigenvalue weighted by molar-refractivity contribution is -0.143. The maximum atomic E-state index is 11.7. The van der Waals surface area contributed by atoms with Gasteiger partial charge >= 0.3 is 5.97 Å². The molecule has 2 heterocycles. The highest BCUT2D eigenvalue weighted by atomic mass is 16.5. The smallest absolute Gasteiger partial charge is 0.306 e. The van der Waals surface area contributed by atoms with Gasteiger partial charge in [0.25, 0.3) is 0 Å². The van der Waals surface area contributed by atoms with Crippen molar-refractivity contribution in [2.45, 2.75) is 31.6 Å². The number of rotatable bonds is 3. The molecule has 1 aliphatic heterocycles. The minimum atomic E-state index is -0.749. The van der Waals surface area contributed by atoms with Crippen LogP contribution in [0.1, 0.15) is 30.8 Å². The van der Waals surface area contributed by atoms with Crippen LogP contribution in [0.5, 0.6) is 5.75 Å². The molecule has 1 aromatic heterocycles. The Morgan fingerprint density at radius 2 is 2.10 bits per heavy atom. The SMILES string of the molecule is COC(=O)CC1(c2oc(C)cc(=O)c2O)CCOCC1. The molecule has 2 rings (SSSR count). The molecule has 110 valence electrons. The molecule has 0 saturated carbocycles. The third-order valence-corrected chi connectivity index (χ3v) is 3.69. The van der Waals surface area contributed by atoms with Gasteiger partial charge in [0, 0.05) is 24.7 Å². The van der Waals surface area contributed by atoms with E-state index in [9.17, 15) is 14.7 Å². The van der Waals surface area contributed by atoms with Crippen LogP contribution in [0.15, 0.2) is 15.3 Å². The number of methoxy groups -OCH3 is 1. The average Bonchev–Trinajstić information content (AvgIpc) is 2.43. The average molecular weight is 282 g/mol. The number of ether oxygens (including phenoxy) is 2. The highest BCUT2D eigenvalue weighted by Gasteiger charge is 2.42. The van der Waals surface area contributed by atoms with Gasteiger partial charge < -0.3 is 19.0 Å². The van der Waals surface area contributed by atoms with Gasteiger partial charge in [0.15, 0.2) is 5.76 Å². The summed E-state index contributed by atoms with van der Waals surface area (Å²) in [6.45, 7) is 2.51. The van der Waals surface area contributed by atoms with E-state index in [1.165, 1.54) is 13.2 Å². The summed E-state index contributed by atoms with van der Waals surface area (Å²) in [5.41, 5.74) is -1.25. The molecule has 0 bridgehead atoms. The van der Waals surface area contributed by atoms with Crippen molar-refractivity contribution < 1.29 is 23.8 Å². The molecule has 6 nitrogen and oxygen atoms in total. The van der Waals surface area contributed by atoms with Gasteiger partial charge in [0.1, 0.15) is 5.76 Å². The van der Waals surface area contributed by atoms with E-state index in [0.717, 1.165) is 0 Å². The molecule has 1 saturated heterocycles. The molecule has 0 aliphatic carbocycles. The Morgan fingerprint density at radius 1 is 1.45 bits per heavy atom. The van der Waals surface area contributed by atoms with E-state index in [1.807, 2.05) is 0 Å². The van der Waals surface area contributed by atoms with E-state index in [0.29, 0.717) is 31.8 Å². The van der Waals surface area contributed by atoms with Crippen LogP contribution in [0.25, 0.3) is 0 Å². The second-order valence-corrected chi connectivity index (χ2v) is 5.04. The fraction of sp³-hybridized carbons (Fsp3) is 0.571. The first-order valence-electron chi connectivity index (χ1n) is 6.47. The Morgan fingerprint density at radius 3 is 2.70 bits per heavy atom. The standard InChI is InChI=1S/C14H18O6/c1-9-7-10(15)12(17)13(20-9)14(8-11(16)18-2)3-5-19-6-4-14/h7,17H,3-6,8H2,1-2H3. The monoisotopic (exact) mass is 282 g/mol. The Kier molecular flexibility index (Phi) is 4.13. The van der Waals surface area contributed by atoms with Gasteiger partial charge in [-0.25, -0.2) is 0 Å². The van der Waals surface area contributed by atoms with Gasteiger partial charge in [-0.3, -0.25) is 9.59 Å². The van der Waals surface area contributed by atoms with Crippen molar-refractivity contribution in [1.82, 2.24) is 0 Å². The van der Waals surface area contributed by atoms with Crippen molar-refractivity contribution in [2.75, 3.05) is 20.3 Å². The van der Waals surface area contributed by atoms with Gasteiger partial charge in [-0.1, -0.05) is 0 Å². The molecular weight excluding hydrogens is 264 g/mol. The van der Waals surface area contributed by atoms with Crippen LogP contribution in [0.3, 0.4) is 0 Å². The molecule has 0 aromatic carbocycles. The van der Waals surface area contributed by atoms with Gasteiger partial charge in [-0.2, -0.15) is 0 Å². The summed E-state index contributed by atoms with van der Waals surface area (Å²) in [5.74, 6) is -0.272. The summed E-state index contributed by atoms with van der Waals surface area (Å²) >= 11 is 0. The van der Waals surface area contributed by atoms with Crippen LogP contribution < -0.4 is 5.43 Å². The van der Waals surface area contributed by atoms with Crippen molar-refractivity contribution in [2.24, 2.45) is 0 Å². The third kappa shape index (κ3) is 2.70. The first-order chi connectivity index (χ1) is 9.48. The van der Waals surface area contributed by atoms with Crippen molar-refractivity contribution in [1.29, 1.82) is 0 Å². The fourth-order valence-electron chi connectivity index (χ4n) is 2.56. The molecule has 1 aliphatic rings. The molecule has 0 spiro atoms. The minimum Gasteiger partial charge on any atom is -0.502 e. The second-order valence-electron chi connectivity index (χ2n) is 5.04. The highest BCUT2D eigenvalue weighted by Crippen LogP contribution is 2.41. The Labute approximate surface area is 116 Å².